The maximum atomic E-state index is 12.3. The van der Waals surface area contributed by atoms with Crippen LogP contribution in [0, 0.1) is 5.92 Å². The van der Waals surface area contributed by atoms with Gasteiger partial charge in [-0.15, -0.1) is 0 Å². The van der Waals surface area contributed by atoms with Gasteiger partial charge in [-0.25, -0.2) is 0 Å². The Morgan fingerprint density at radius 3 is 2.90 bits per heavy atom. The highest BCUT2D eigenvalue weighted by Crippen LogP contribution is 2.23. The Hall–Kier alpha value is -1.87. The van der Waals surface area contributed by atoms with Crippen molar-refractivity contribution in [3.8, 4) is 0 Å². The van der Waals surface area contributed by atoms with E-state index in [2.05, 4.69) is 29.3 Å². The van der Waals surface area contributed by atoms with Gasteiger partial charge in [-0.05, 0) is 36.8 Å². The molecule has 1 fully saturated rings. The van der Waals surface area contributed by atoms with Crippen LogP contribution in [0.2, 0.25) is 0 Å². The molecule has 0 radical (unpaired) electrons. The molecule has 0 bridgehead atoms. The summed E-state index contributed by atoms with van der Waals surface area (Å²) in [5.74, 6) is 0.782. The summed E-state index contributed by atoms with van der Waals surface area (Å²) < 4.78 is 0. The molecule has 2 aromatic rings. The zero-order chi connectivity index (χ0) is 14.7. The molecule has 2 aromatic carbocycles. The molecule has 0 saturated carbocycles. The first-order valence-corrected chi connectivity index (χ1v) is 7.72. The van der Waals surface area contributed by atoms with E-state index in [-0.39, 0.29) is 5.91 Å². The first-order valence-electron chi connectivity index (χ1n) is 7.72. The third-order valence-electron chi connectivity index (χ3n) is 4.17. The molecule has 3 heteroatoms. The third kappa shape index (κ3) is 3.42. The molecule has 1 amide bonds. The Kier molecular flexibility index (Phi) is 4.20. The number of nitrogens with one attached hydrogen (secondary N) is 1. The fourth-order valence-corrected chi connectivity index (χ4v) is 3.16. The molecule has 3 nitrogen and oxygen atoms in total. The predicted molar refractivity (Wildman–Crippen MR) is 87.4 cm³/mol. The maximum absolute atomic E-state index is 12.3. The molecule has 110 valence electrons. The summed E-state index contributed by atoms with van der Waals surface area (Å²) in [6, 6.07) is 14.2. The number of benzene rings is 2. The van der Waals surface area contributed by atoms with E-state index in [4.69, 9.17) is 0 Å². The Bertz CT molecular complexity index is 633. The number of likely N-dealkylation sites (tertiary alicyclic amines) is 1. The maximum Gasteiger partial charge on any atom is 0.238 e. The summed E-state index contributed by atoms with van der Waals surface area (Å²) in [6.07, 6.45) is 2.48. The number of anilines is 1. The molecule has 0 unspecified atom stereocenters. The van der Waals surface area contributed by atoms with Gasteiger partial charge in [-0.3, -0.25) is 9.69 Å². The highest BCUT2D eigenvalue weighted by atomic mass is 16.2. The van der Waals surface area contributed by atoms with Crippen LogP contribution in [0.1, 0.15) is 19.8 Å². The van der Waals surface area contributed by atoms with E-state index < -0.39 is 0 Å². The lowest BCUT2D eigenvalue weighted by Crippen LogP contribution is -2.39. The lowest BCUT2D eigenvalue weighted by Gasteiger charge is -2.30. The largest absolute Gasteiger partial charge is 0.324 e. The molecule has 1 saturated heterocycles. The number of nitrogens with zero attached hydrogens (tertiary/aromatic N) is 1. The molecule has 1 heterocycles. The van der Waals surface area contributed by atoms with Gasteiger partial charge >= 0.3 is 0 Å². The standard InChI is InChI=1S/C18H22N2O/c1-14-6-5-11-20(12-14)13-18(21)19-17-10-4-8-15-7-2-3-9-16(15)17/h2-4,7-10,14H,5-6,11-13H2,1H3,(H,19,21)/t14-/m1/s1. The average molecular weight is 282 g/mol. The van der Waals surface area contributed by atoms with Gasteiger partial charge in [0.1, 0.15) is 0 Å². The Morgan fingerprint density at radius 2 is 2.05 bits per heavy atom. The Morgan fingerprint density at radius 1 is 1.24 bits per heavy atom. The molecule has 1 aliphatic heterocycles. The summed E-state index contributed by atoms with van der Waals surface area (Å²) in [7, 11) is 0. The molecule has 0 aliphatic carbocycles. The van der Waals surface area contributed by atoms with Crippen molar-refractivity contribution in [2.24, 2.45) is 5.92 Å². The zero-order valence-corrected chi connectivity index (χ0v) is 12.5. The highest BCUT2D eigenvalue weighted by molar-refractivity contribution is 6.02. The van der Waals surface area contributed by atoms with Gasteiger partial charge in [0.2, 0.25) is 5.91 Å². The van der Waals surface area contributed by atoms with Crippen LogP contribution in [0.4, 0.5) is 5.69 Å². The van der Waals surface area contributed by atoms with E-state index in [1.165, 1.54) is 12.8 Å². The molecule has 3 rings (SSSR count). The number of carbonyl (C=O) groups is 1. The fourth-order valence-electron chi connectivity index (χ4n) is 3.16. The second-order valence-corrected chi connectivity index (χ2v) is 6.06. The normalized spacial score (nSPS) is 19.6. The molecular formula is C18H22N2O. The van der Waals surface area contributed by atoms with Crippen molar-refractivity contribution in [1.29, 1.82) is 0 Å². The van der Waals surface area contributed by atoms with Gasteiger partial charge in [0.15, 0.2) is 0 Å². The lowest BCUT2D eigenvalue weighted by molar-refractivity contribution is -0.117. The number of carbonyl (C=O) groups excluding carboxylic acids is 1. The van der Waals surface area contributed by atoms with E-state index >= 15 is 0 Å². The minimum absolute atomic E-state index is 0.0838. The molecule has 1 N–H and O–H groups in total. The molecule has 1 aliphatic rings. The second kappa shape index (κ2) is 6.27. The molecule has 0 aromatic heterocycles. The number of piperidine rings is 1. The molecule has 0 spiro atoms. The monoisotopic (exact) mass is 282 g/mol. The van der Waals surface area contributed by atoms with Crippen LogP contribution in [-0.4, -0.2) is 30.4 Å². The van der Waals surface area contributed by atoms with Crippen molar-refractivity contribution < 1.29 is 4.79 Å². The number of hydrogen-bond donors (Lipinski definition) is 1. The summed E-state index contributed by atoms with van der Waals surface area (Å²) in [5.41, 5.74) is 0.906. The van der Waals surface area contributed by atoms with Crippen LogP contribution >= 0.6 is 0 Å². The summed E-state index contributed by atoms with van der Waals surface area (Å²) >= 11 is 0. The minimum Gasteiger partial charge on any atom is -0.324 e. The van der Waals surface area contributed by atoms with Gasteiger partial charge in [0.05, 0.1) is 6.54 Å². The summed E-state index contributed by atoms with van der Waals surface area (Å²) in [4.78, 5) is 14.5. The van der Waals surface area contributed by atoms with Gasteiger partial charge < -0.3 is 5.32 Å². The number of fused-ring (bicyclic) bond motifs is 1. The molecule has 21 heavy (non-hydrogen) atoms. The third-order valence-corrected chi connectivity index (χ3v) is 4.17. The van der Waals surface area contributed by atoms with Crippen molar-refractivity contribution in [1.82, 2.24) is 4.90 Å². The molecule has 1 atom stereocenters. The zero-order valence-electron chi connectivity index (χ0n) is 12.5. The highest BCUT2D eigenvalue weighted by Gasteiger charge is 2.18. The summed E-state index contributed by atoms with van der Waals surface area (Å²) in [6.45, 7) is 4.82. The topological polar surface area (TPSA) is 32.3 Å². The van der Waals surface area contributed by atoms with Crippen LogP contribution in [0.3, 0.4) is 0 Å². The second-order valence-electron chi connectivity index (χ2n) is 6.06. The lowest BCUT2D eigenvalue weighted by atomic mass is 10.0. The number of rotatable bonds is 3. The van der Waals surface area contributed by atoms with Crippen LogP contribution in [0.25, 0.3) is 10.8 Å². The predicted octanol–water partition coefficient (Wildman–Crippen LogP) is 3.51. The average Bonchev–Trinajstić information content (AvgIpc) is 2.47. The van der Waals surface area contributed by atoms with Gasteiger partial charge in [0.25, 0.3) is 0 Å². The van der Waals surface area contributed by atoms with E-state index in [9.17, 15) is 4.79 Å². The Labute approximate surface area is 125 Å². The molecular weight excluding hydrogens is 260 g/mol. The van der Waals surface area contributed by atoms with Crippen molar-refractivity contribution in [2.75, 3.05) is 25.0 Å². The van der Waals surface area contributed by atoms with Crippen molar-refractivity contribution >= 4 is 22.4 Å². The van der Waals surface area contributed by atoms with Gasteiger partial charge in [-0.2, -0.15) is 0 Å². The SMILES string of the molecule is C[C@@H]1CCCN(CC(=O)Nc2cccc3ccccc23)C1. The number of hydrogen-bond acceptors (Lipinski definition) is 2. The van der Waals surface area contributed by atoms with E-state index in [0.29, 0.717) is 12.5 Å². The Balaban J connectivity index is 1.69. The van der Waals surface area contributed by atoms with Crippen LogP contribution < -0.4 is 5.32 Å². The van der Waals surface area contributed by atoms with Crippen LogP contribution in [0.15, 0.2) is 42.5 Å². The minimum atomic E-state index is 0.0838. The first kappa shape index (κ1) is 14.1. The fraction of sp³-hybridized carbons (Fsp3) is 0.389. The van der Waals surface area contributed by atoms with E-state index in [1.807, 2.05) is 30.3 Å². The summed E-state index contributed by atoms with van der Waals surface area (Å²) in [5, 5.41) is 5.32. The van der Waals surface area contributed by atoms with Crippen molar-refractivity contribution in [2.45, 2.75) is 19.8 Å². The number of amides is 1. The van der Waals surface area contributed by atoms with Crippen LogP contribution in [-0.2, 0) is 4.79 Å². The van der Waals surface area contributed by atoms with Gasteiger partial charge in [-0.1, -0.05) is 43.3 Å². The quantitative estimate of drug-likeness (QED) is 0.934. The first-order chi connectivity index (χ1) is 10.2. The van der Waals surface area contributed by atoms with Gasteiger partial charge in [0, 0.05) is 17.6 Å². The van der Waals surface area contributed by atoms with Crippen LogP contribution in [0.5, 0.6) is 0 Å². The van der Waals surface area contributed by atoms with E-state index in [0.717, 1.165) is 29.5 Å². The smallest absolute Gasteiger partial charge is 0.238 e. The van der Waals surface area contributed by atoms with Crippen molar-refractivity contribution in [3.05, 3.63) is 42.5 Å². The van der Waals surface area contributed by atoms with E-state index in [1.54, 1.807) is 0 Å². The van der Waals surface area contributed by atoms with Crippen molar-refractivity contribution in [3.63, 3.8) is 0 Å².